The van der Waals surface area contributed by atoms with Crippen LogP contribution in [0.4, 0.5) is 5.69 Å². The molecule has 1 rings (SSSR count). The van der Waals surface area contributed by atoms with Crippen molar-refractivity contribution in [1.82, 2.24) is 9.29 Å². The summed E-state index contributed by atoms with van der Waals surface area (Å²) < 4.78 is 25.9. The Bertz CT molecular complexity index is 460. The van der Waals surface area contributed by atoms with Crippen molar-refractivity contribution in [3.8, 4) is 0 Å². The van der Waals surface area contributed by atoms with Crippen LogP contribution in [-0.4, -0.2) is 37.8 Å². The third kappa shape index (κ3) is 3.17. The molecule has 1 aromatic heterocycles. The van der Waals surface area contributed by atoms with Crippen LogP contribution in [0.5, 0.6) is 0 Å². The summed E-state index contributed by atoms with van der Waals surface area (Å²) in [4.78, 5) is 4.12. The van der Waals surface area contributed by atoms with Crippen LogP contribution in [0.2, 0.25) is 0 Å². The first-order chi connectivity index (χ1) is 8.04. The van der Waals surface area contributed by atoms with Gasteiger partial charge in [-0.1, -0.05) is 6.92 Å². The normalized spacial score (nSPS) is 11.8. The Kier molecular flexibility index (Phi) is 4.89. The number of nitrogens with zero attached hydrogens (tertiary/aromatic N) is 2. The Morgan fingerprint density at radius 2 is 2.12 bits per heavy atom. The average molecular weight is 257 g/mol. The molecule has 0 unspecified atom stereocenters. The van der Waals surface area contributed by atoms with Gasteiger partial charge in [-0.25, -0.2) is 12.7 Å². The summed E-state index contributed by atoms with van der Waals surface area (Å²) in [7, 11) is -1.86. The van der Waals surface area contributed by atoms with Crippen LogP contribution in [0.3, 0.4) is 0 Å². The lowest BCUT2D eigenvalue weighted by Gasteiger charge is -2.18. The second-order valence-corrected chi connectivity index (χ2v) is 5.74. The van der Waals surface area contributed by atoms with E-state index in [0.29, 0.717) is 18.8 Å². The fourth-order valence-electron chi connectivity index (χ4n) is 1.52. The fraction of sp³-hybridized carbons (Fsp3) is 0.545. The molecule has 0 amide bonds. The zero-order valence-corrected chi connectivity index (χ0v) is 11.3. The molecule has 0 aliphatic carbocycles. The van der Waals surface area contributed by atoms with Crippen LogP contribution in [0, 0.1) is 0 Å². The van der Waals surface area contributed by atoms with E-state index in [1.807, 2.05) is 13.8 Å². The summed E-state index contributed by atoms with van der Waals surface area (Å²) in [6, 6.07) is 1.68. The van der Waals surface area contributed by atoms with Crippen molar-refractivity contribution in [2.45, 2.75) is 25.2 Å². The third-order valence-corrected chi connectivity index (χ3v) is 4.26. The SMILES string of the molecule is CCCN(C)S(=O)(=O)c1cnccc1NCC. The Balaban J connectivity index is 3.14. The van der Waals surface area contributed by atoms with Crippen LogP contribution < -0.4 is 5.32 Å². The van der Waals surface area contributed by atoms with Crippen molar-refractivity contribution in [3.63, 3.8) is 0 Å². The zero-order valence-electron chi connectivity index (χ0n) is 10.5. The monoisotopic (exact) mass is 257 g/mol. The summed E-state index contributed by atoms with van der Waals surface area (Å²) in [6.45, 7) is 5.04. The Labute approximate surface area is 103 Å². The molecular weight excluding hydrogens is 238 g/mol. The van der Waals surface area contributed by atoms with E-state index in [1.54, 1.807) is 19.3 Å². The molecule has 0 bridgehead atoms. The van der Waals surface area contributed by atoms with E-state index in [0.717, 1.165) is 6.42 Å². The van der Waals surface area contributed by atoms with Gasteiger partial charge in [0, 0.05) is 32.5 Å². The van der Waals surface area contributed by atoms with Gasteiger partial charge in [-0.3, -0.25) is 4.98 Å². The molecule has 0 atom stereocenters. The lowest BCUT2D eigenvalue weighted by atomic mass is 10.4. The number of hydrogen-bond donors (Lipinski definition) is 1. The van der Waals surface area contributed by atoms with Crippen molar-refractivity contribution in [2.24, 2.45) is 0 Å². The molecule has 0 radical (unpaired) electrons. The first-order valence-electron chi connectivity index (χ1n) is 5.68. The molecule has 5 nitrogen and oxygen atoms in total. The molecule has 1 N–H and O–H groups in total. The summed E-state index contributed by atoms with van der Waals surface area (Å²) in [6.07, 6.45) is 3.75. The standard InChI is InChI=1S/C11H19N3O2S/c1-4-8-14(3)17(15,16)11-9-12-7-6-10(11)13-5-2/h6-7,9H,4-5,8H2,1-3H3,(H,12,13). The summed E-state index contributed by atoms with van der Waals surface area (Å²) in [5, 5.41) is 3.03. The highest BCUT2D eigenvalue weighted by atomic mass is 32.2. The molecule has 96 valence electrons. The Morgan fingerprint density at radius 1 is 1.41 bits per heavy atom. The smallest absolute Gasteiger partial charge is 0.246 e. The minimum Gasteiger partial charge on any atom is -0.384 e. The predicted octanol–water partition coefficient (Wildman–Crippen LogP) is 1.54. The second-order valence-electron chi connectivity index (χ2n) is 3.73. The van der Waals surface area contributed by atoms with Gasteiger partial charge in [0.2, 0.25) is 10.0 Å². The molecule has 0 aromatic carbocycles. The van der Waals surface area contributed by atoms with Gasteiger partial charge in [-0.2, -0.15) is 0 Å². The van der Waals surface area contributed by atoms with Crippen LogP contribution in [-0.2, 0) is 10.0 Å². The molecule has 0 saturated carbocycles. The van der Waals surface area contributed by atoms with Crippen molar-refractivity contribution in [3.05, 3.63) is 18.5 Å². The number of rotatable bonds is 6. The quantitative estimate of drug-likeness (QED) is 0.839. The molecule has 0 aliphatic heterocycles. The largest absolute Gasteiger partial charge is 0.384 e. The molecule has 0 aliphatic rings. The molecule has 0 fully saturated rings. The zero-order chi connectivity index (χ0) is 12.9. The van der Waals surface area contributed by atoms with Crippen LogP contribution >= 0.6 is 0 Å². The third-order valence-electron chi connectivity index (χ3n) is 2.38. The fourth-order valence-corrected chi connectivity index (χ4v) is 2.90. The van der Waals surface area contributed by atoms with Crippen molar-refractivity contribution >= 4 is 15.7 Å². The van der Waals surface area contributed by atoms with Gasteiger partial charge in [0.25, 0.3) is 0 Å². The van der Waals surface area contributed by atoms with Gasteiger partial charge in [0.05, 0.1) is 5.69 Å². The van der Waals surface area contributed by atoms with E-state index >= 15 is 0 Å². The first kappa shape index (κ1) is 13.9. The number of sulfonamides is 1. The lowest BCUT2D eigenvalue weighted by Crippen LogP contribution is -2.28. The van der Waals surface area contributed by atoms with E-state index < -0.39 is 10.0 Å². The number of aromatic nitrogens is 1. The van der Waals surface area contributed by atoms with E-state index in [1.165, 1.54) is 10.5 Å². The number of nitrogens with one attached hydrogen (secondary N) is 1. The van der Waals surface area contributed by atoms with E-state index in [4.69, 9.17) is 0 Å². The topological polar surface area (TPSA) is 62.3 Å². The van der Waals surface area contributed by atoms with E-state index in [2.05, 4.69) is 10.3 Å². The lowest BCUT2D eigenvalue weighted by molar-refractivity contribution is 0.468. The highest BCUT2D eigenvalue weighted by Gasteiger charge is 2.23. The van der Waals surface area contributed by atoms with Gasteiger partial charge in [-0.05, 0) is 19.4 Å². The van der Waals surface area contributed by atoms with Crippen LogP contribution in [0.1, 0.15) is 20.3 Å². The van der Waals surface area contributed by atoms with Gasteiger partial charge < -0.3 is 5.32 Å². The minimum absolute atomic E-state index is 0.234. The Hall–Kier alpha value is -1.14. The maximum absolute atomic E-state index is 12.3. The van der Waals surface area contributed by atoms with E-state index in [9.17, 15) is 8.42 Å². The maximum atomic E-state index is 12.3. The van der Waals surface area contributed by atoms with Crippen molar-refractivity contribution in [1.29, 1.82) is 0 Å². The first-order valence-corrected chi connectivity index (χ1v) is 7.12. The molecular formula is C11H19N3O2S. The molecule has 17 heavy (non-hydrogen) atoms. The predicted molar refractivity (Wildman–Crippen MR) is 68.5 cm³/mol. The second kappa shape index (κ2) is 5.97. The average Bonchev–Trinajstić information content (AvgIpc) is 2.30. The number of anilines is 1. The van der Waals surface area contributed by atoms with Gasteiger partial charge in [0.15, 0.2) is 0 Å². The molecule has 0 spiro atoms. The van der Waals surface area contributed by atoms with Crippen LogP contribution in [0.15, 0.2) is 23.4 Å². The van der Waals surface area contributed by atoms with E-state index in [-0.39, 0.29) is 4.90 Å². The maximum Gasteiger partial charge on any atom is 0.246 e. The van der Waals surface area contributed by atoms with Crippen molar-refractivity contribution in [2.75, 3.05) is 25.5 Å². The number of pyridine rings is 1. The Morgan fingerprint density at radius 3 is 2.71 bits per heavy atom. The molecule has 6 heteroatoms. The van der Waals surface area contributed by atoms with Crippen LogP contribution in [0.25, 0.3) is 0 Å². The number of hydrogen-bond acceptors (Lipinski definition) is 4. The minimum atomic E-state index is -3.45. The molecule has 1 aromatic rings. The summed E-state index contributed by atoms with van der Waals surface area (Å²) >= 11 is 0. The summed E-state index contributed by atoms with van der Waals surface area (Å²) in [5.41, 5.74) is 0.602. The summed E-state index contributed by atoms with van der Waals surface area (Å²) in [5.74, 6) is 0. The molecule has 1 heterocycles. The highest BCUT2D eigenvalue weighted by molar-refractivity contribution is 7.89. The highest BCUT2D eigenvalue weighted by Crippen LogP contribution is 2.22. The van der Waals surface area contributed by atoms with Gasteiger partial charge in [0.1, 0.15) is 4.90 Å². The van der Waals surface area contributed by atoms with Crippen molar-refractivity contribution < 1.29 is 8.42 Å². The molecule has 0 saturated heterocycles. The van der Waals surface area contributed by atoms with Gasteiger partial charge >= 0.3 is 0 Å². The van der Waals surface area contributed by atoms with Gasteiger partial charge in [-0.15, -0.1) is 0 Å².